The number of carbonyl (C=O) groups is 1. The number of carbonyl (C=O) groups excluding carboxylic acids is 1. The number of anilines is 1. The van der Waals surface area contributed by atoms with E-state index in [-0.39, 0.29) is 48.8 Å². The molecule has 2 heterocycles. The topological polar surface area (TPSA) is 106 Å². The van der Waals surface area contributed by atoms with Gasteiger partial charge in [-0.3, -0.25) is 4.79 Å². The van der Waals surface area contributed by atoms with Crippen LogP contribution in [-0.2, 0) is 20.2 Å². The van der Waals surface area contributed by atoms with Crippen LogP contribution in [0.3, 0.4) is 0 Å². The van der Waals surface area contributed by atoms with Crippen molar-refractivity contribution in [3.05, 3.63) is 52.2 Å². The molecule has 40 heavy (non-hydrogen) atoms. The van der Waals surface area contributed by atoms with Crippen molar-refractivity contribution >= 4 is 11.7 Å². The molecule has 0 spiro atoms. The van der Waals surface area contributed by atoms with Gasteiger partial charge in [0.05, 0.1) is 36.1 Å². The van der Waals surface area contributed by atoms with Crippen molar-refractivity contribution < 1.29 is 45.7 Å². The van der Waals surface area contributed by atoms with Crippen LogP contribution in [0.4, 0.5) is 32.2 Å². The van der Waals surface area contributed by atoms with Gasteiger partial charge < -0.3 is 25.2 Å². The van der Waals surface area contributed by atoms with Crippen LogP contribution in [0, 0.1) is 12.7 Å². The summed E-state index contributed by atoms with van der Waals surface area (Å²) in [6.07, 6.45) is -6.66. The molecule has 14 heteroatoms. The monoisotopic (exact) mass is 576 g/mol. The molecule has 220 valence electrons. The van der Waals surface area contributed by atoms with E-state index in [9.17, 15) is 27.5 Å². The van der Waals surface area contributed by atoms with E-state index in [1.807, 2.05) is 0 Å². The van der Waals surface area contributed by atoms with Gasteiger partial charge in [0.2, 0.25) is 6.17 Å². The van der Waals surface area contributed by atoms with Crippen LogP contribution < -0.4 is 10.6 Å². The minimum Gasteiger partial charge on any atom is -0.384 e. The quantitative estimate of drug-likeness (QED) is 0.345. The van der Waals surface area contributed by atoms with Crippen molar-refractivity contribution in [1.82, 2.24) is 15.3 Å². The standard InChI is InChI=1S/C26H30F6N4O4/c1-12(14-6-5-7-15(17(14)27)26(31,32)24(3,4)38)33-20-16(22-39-10-11-40-22)19(34-13(2)35-20)18(28)21(37)36-25(8-9-25)23(29)30/h5-7,12,18,22-23,38H,8-11H2,1-4H3,(H,36,37)(H,33,34,35)/t12-,18?/m1/s1. The molecule has 3 N–H and O–H groups in total. The molecule has 2 fully saturated rings. The SMILES string of the molecule is Cc1nc(N[C@H](C)c2cccc(C(F)(F)C(C)(C)O)c2F)c(C2OCCO2)c(C(F)C(=O)NC2(C(F)F)CC2)n1. The third-order valence-electron chi connectivity index (χ3n) is 6.95. The normalized spacial score (nSPS) is 19.0. The minimum absolute atomic E-state index is 0.00487. The zero-order valence-electron chi connectivity index (χ0n) is 22.2. The largest absolute Gasteiger partial charge is 0.384 e. The maximum atomic E-state index is 15.6. The summed E-state index contributed by atoms with van der Waals surface area (Å²) in [4.78, 5) is 20.9. The first kappa shape index (κ1) is 30.0. The summed E-state index contributed by atoms with van der Waals surface area (Å²) >= 11 is 0. The van der Waals surface area contributed by atoms with E-state index in [1.54, 1.807) is 0 Å². The average Bonchev–Trinajstić information content (AvgIpc) is 3.45. The van der Waals surface area contributed by atoms with E-state index in [2.05, 4.69) is 20.6 Å². The van der Waals surface area contributed by atoms with Gasteiger partial charge in [0, 0.05) is 5.56 Å². The highest BCUT2D eigenvalue weighted by atomic mass is 19.3. The molecule has 8 nitrogen and oxygen atoms in total. The summed E-state index contributed by atoms with van der Waals surface area (Å²) < 4.78 is 98.3. The molecule has 2 aromatic rings. The summed E-state index contributed by atoms with van der Waals surface area (Å²) in [7, 11) is 0. The van der Waals surface area contributed by atoms with Crippen LogP contribution in [0.2, 0.25) is 0 Å². The van der Waals surface area contributed by atoms with Crippen LogP contribution in [-0.4, -0.2) is 51.8 Å². The van der Waals surface area contributed by atoms with E-state index < -0.39 is 65.0 Å². The van der Waals surface area contributed by atoms with Crippen molar-refractivity contribution in [1.29, 1.82) is 0 Å². The maximum absolute atomic E-state index is 15.6. The third-order valence-corrected chi connectivity index (χ3v) is 6.95. The molecule has 1 amide bonds. The Balaban J connectivity index is 1.71. The Labute approximate surface area is 226 Å². The number of halogens is 6. The number of alkyl halides is 5. The van der Waals surface area contributed by atoms with Gasteiger partial charge in [-0.05, 0) is 46.6 Å². The van der Waals surface area contributed by atoms with Crippen LogP contribution in [0.5, 0.6) is 0 Å². The van der Waals surface area contributed by atoms with Gasteiger partial charge >= 0.3 is 5.92 Å². The number of benzene rings is 1. The summed E-state index contributed by atoms with van der Waals surface area (Å²) in [6, 6.07) is 2.25. The Morgan fingerprint density at radius 3 is 2.33 bits per heavy atom. The van der Waals surface area contributed by atoms with Gasteiger partial charge in [-0.2, -0.15) is 8.78 Å². The van der Waals surface area contributed by atoms with Crippen molar-refractivity contribution in [2.45, 2.75) is 82.5 Å². The molecule has 1 aliphatic heterocycles. The summed E-state index contributed by atoms with van der Waals surface area (Å²) in [5.41, 5.74) is -6.26. The first-order chi connectivity index (χ1) is 18.6. The smallest absolute Gasteiger partial charge is 0.303 e. The molecule has 0 bridgehead atoms. The van der Waals surface area contributed by atoms with Crippen molar-refractivity contribution in [3.63, 3.8) is 0 Å². The van der Waals surface area contributed by atoms with Gasteiger partial charge in [-0.25, -0.2) is 27.5 Å². The number of amides is 1. The Morgan fingerprint density at radius 2 is 1.77 bits per heavy atom. The highest BCUT2D eigenvalue weighted by molar-refractivity contribution is 5.83. The van der Waals surface area contributed by atoms with Crippen molar-refractivity contribution in [2.24, 2.45) is 0 Å². The molecule has 1 unspecified atom stereocenters. The lowest BCUT2D eigenvalue weighted by Crippen LogP contribution is -2.44. The van der Waals surface area contributed by atoms with Gasteiger partial charge in [-0.1, -0.05) is 12.1 Å². The number of hydrogen-bond acceptors (Lipinski definition) is 7. The lowest BCUT2D eigenvalue weighted by molar-refractivity contribution is -0.170. The van der Waals surface area contributed by atoms with Gasteiger partial charge in [-0.15, -0.1) is 0 Å². The molecule has 1 aliphatic carbocycles. The Hall–Kier alpha value is -2.97. The number of aryl methyl sites for hydroxylation is 1. The van der Waals surface area contributed by atoms with Gasteiger partial charge in [0.25, 0.3) is 12.3 Å². The van der Waals surface area contributed by atoms with E-state index >= 15 is 8.78 Å². The molecular weight excluding hydrogens is 546 g/mol. The Morgan fingerprint density at radius 1 is 1.15 bits per heavy atom. The van der Waals surface area contributed by atoms with E-state index in [1.165, 1.54) is 26.0 Å². The summed E-state index contributed by atoms with van der Waals surface area (Å²) in [5, 5.41) is 14.8. The summed E-state index contributed by atoms with van der Waals surface area (Å²) in [5.74, 6) is -6.71. The zero-order valence-corrected chi connectivity index (χ0v) is 22.2. The predicted molar refractivity (Wildman–Crippen MR) is 130 cm³/mol. The lowest BCUT2D eigenvalue weighted by atomic mass is 9.91. The minimum atomic E-state index is -3.94. The van der Waals surface area contributed by atoms with Crippen LogP contribution in [0.1, 0.15) is 80.3 Å². The third kappa shape index (κ3) is 5.61. The maximum Gasteiger partial charge on any atom is 0.303 e. The Kier molecular flexibility index (Phi) is 8.09. The highest BCUT2D eigenvalue weighted by Crippen LogP contribution is 2.44. The van der Waals surface area contributed by atoms with Crippen LogP contribution in [0.15, 0.2) is 18.2 Å². The number of rotatable bonds is 10. The molecule has 0 radical (unpaired) electrons. The highest BCUT2D eigenvalue weighted by Gasteiger charge is 2.53. The second kappa shape index (κ2) is 10.8. The second-order valence-corrected chi connectivity index (χ2v) is 10.5. The fourth-order valence-electron chi connectivity index (χ4n) is 4.37. The van der Waals surface area contributed by atoms with Gasteiger partial charge in [0.15, 0.2) is 6.29 Å². The molecule has 1 aromatic carbocycles. The lowest BCUT2D eigenvalue weighted by Gasteiger charge is -2.30. The number of nitrogens with one attached hydrogen (secondary N) is 2. The fourth-order valence-corrected chi connectivity index (χ4v) is 4.37. The number of aromatic nitrogens is 2. The molecule has 2 atom stereocenters. The van der Waals surface area contributed by atoms with E-state index in [4.69, 9.17) is 9.47 Å². The first-order valence-electron chi connectivity index (χ1n) is 12.6. The van der Waals surface area contributed by atoms with E-state index in [0.717, 1.165) is 19.9 Å². The molecule has 4 rings (SSSR count). The molecule has 2 aliphatic rings. The molecular formula is C26H30F6N4O4. The second-order valence-electron chi connectivity index (χ2n) is 10.5. The molecule has 1 saturated heterocycles. The van der Waals surface area contributed by atoms with E-state index in [0.29, 0.717) is 0 Å². The summed E-state index contributed by atoms with van der Waals surface area (Å²) in [6.45, 7) is 4.74. The number of hydrogen-bond donors (Lipinski definition) is 3. The van der Waals surface area contributed by atoms with Gasteiger partial charge in [0.1, 0.15) is 28.6 Å². The first-order valence-corrected chi connectivity index (χ1v) is 12.6. The Bertz CT molecular complexity index is 1260. The average molecular weight is 577 g/mol. The van der Waals surface area contributed by atoms with Crippen LogP contribution >= 0.6 is 0 Å². The fraction of sp³-hybridized carbons (Fsp3) is 0.577. The zero-order chi connectivity index (χ0) is 29.6. The number of aliphatic hydroxyl groups is 1. The molecule has 1 aromatic heterocycles. The van der Waals surface area contributed by atoms with Crippen molar-refractivity contribution in [3.8, 4) is 0 Å². The molecule has 1 saturated carbocycles. The number of nitrogens with zero attached hydrogens (tertiary/aromatic N) is 2. The predicted octanol–water partition coefficient (Wildman–Crippen LogP) is 4.93. The van der Waals surface area contributed by atoms with Crippen LogP contribution in [0.25, 0.3) is 0 Å². The number of ether oxygens (including phenoxy) is 2. The van der Waals surface area contributed by atoms with Crippen molar-refractivity contribution in [2.75, 3.05) is 18.5 Å².